The Kier molecular flexibility index (Phi) is 4.18. The van der Waals surface area contributed by atoms with Crippen LogP contribution in [0.3, 0.4) is 0 Å². The van der Waals surface area contributed by atoms with Gasteiger partial charge in [-0.15, -0.1) is 11.3 Å². The normalized spacial score (nSPS) is 11.9. The highest BCUT2D eigenvalue weighted by molar-refractivity contribution is 7.10. The Morgan fingerprint density at radius 2 is 2.29 bits per heavy atom. The Morgan fingerprint density at radius 3 is 2.81 bits per heavy atom. The molecule has 0 aliphatic rings. The van der Waals surface area contributed by atoms with Crippen LogP contribution in [0.1, 0.15) is 28.2 Å². The van der Waals surface area contributed by atoms with Gasteiger partial charge in [-0.3, -0.25) is 10.1 Å². The molecule has 8 heteroatoms. The fraction of sp³-hybridized carbons (Fsp3) is 0.231. The molecule has 21 heavy (non-hydrogen) atoms. The van der Waals surface area contributed by atoms with Gasteiger partial charge in [0.15, 0.2) is 0 Å². The van der Waals surface area contributed by atoms with Crippen molar-refractivity contribution in [2.45, 2.75) is 13.0 Å². The van der Waals surface area contributed by atoms with Crippen molar-refractivity contribution in [2.24, 2.45) is 0 Å². The maximum atomic E-state index is 11.3. The molecule has 0 amide bonds. The summed E-state index contributed by atoms with van der Waals surface area (Å²) in [5, 5.41) is 21.9. The van der Waals surface area contributed by atoms with Gasteiger partial charge in [0.05, 0.1) is 11.0 Å². The van der Waals surface area contributed by atoms with E-state index >= 15 is 0 Å². The molecule has 1 N–H and O–H groups in total. The first-order valence-electron chi connectivity index (χ1n) is 6.05. The molecule has 0 bridgehead atoms. The van der Waals surface area contributed by atoms with E-state index in [0.717, 1.165) is 17.1 Å². The van der Waals surface area contributed by atoms with Crippen LogP contribution in [0, 0.1) is 10.1 Å². The highest BCUT2D eigenvalue weighted by Crippen LogP contribution is 2.30. The molecule has 2 aromatic heterocycles. The first kappa shape index (κ1) is 14.9. The molecule has 7 nitrogen and oxygen atoms in total. The SMILES string of the molecule is CC(c1cccs1)N(C)c1ncc([N+](=O)[O-])cc1C(=O)O. The van der Waals surface area contributed by atoms with Crippen LogP contribution in [-0.2, 0) is 0 Å². The Labute approximate surface area is 124 Å². The minimum absolute atomic E-state index is 0.0861. The third kappa shape index (κ3) is 3.00. The van der Waals surface area contributed by atoms with Crippen LogP contribution in [0.2, 0.25) is 0 Å². The van der Waals surface area contributed by atoms with E-state index in [9.17, 15) is 20.0 Å². The Bertz CT molecular complexity index is 672. The van der Waals surface area contributed by atoms with Crippen LogP contribution < -0.4 is 4.90 Å². The summed E-state index contributed by atoms with van der Waals surface area (Å²) in [6, 6.07) is 4.79. The number of anilines is 1. The molecule has 0 aliphatic carbocycles. The van der Waals surface area contributed by atoms with Gasteiger partial charge in [-0.05, 0) is 18.4 Å². The Hall–Kier alpha value is -2.48. The molecule has 0 radical (unpaired) electrons. The highest BCUT2D eigenvalue weighted by Gasteiger charge is 2.23. The van der Waals surface area contributed by atoms with Gasteiger partial charge < -0.3 is 10.0 Å². The quantitative estimate of drug-likeness (QED) is 0.674. The number of hydrogen-bond donors (Lipinski definition) is 1. The zero-order valence-corrected chi connectivity index (χ0v) is 12.2. The third-order valence-corrected chi connectivity index (χ3v) is 4.21. The largest absolute Gasteiger partial charge is 0.478 e. The molecule has 110 valence electrons. The maximum Gasteiger partial charge on any atom is 0.339 e. The first-order valence-corrected chi connectivity index (χ1v) is 6.93. The number of carboxylic acid groups (broad SMARTS) is 1. The van der Waals surface area contributed by atoms with Crippen LogP contribution in [-0.4, -0.2) is 28.0 Å². The van der Waals surface area contributed by atoms with Gasteiger partial charge in [-0.25, -0.2) is 9.78 Å². The van der Waals surface area contributed by atoms with Gasteiger partial charge in [0, 0.05) is 18.0 Å². The number of aromatic carboxylic acids is 1. The molecule has 2 rings (SSSR count). The average Bonchev–Trinajstić information content (AvgIpc) is 2.99. The van der Waals surface area contributed by atoms with E-state index in [4.69, 9.17) is 0 Å². The van der Waals surface area contributed by atoms with Crippen LogP contribution in [0.25, 0.3) is 0 Å². The molecule has 2 heterocycles. The molecule has 0 aromatic carbocycles. The van der Waals surface area contributed by atoms with E-state index in [-0.39, 0.29) is 23.1 Å². The van der Waals surface area contributed by atoms with Crippen LogP contribution in [0.15, 0.2) is 29.8 Å². The molecule has 1 unspecified atom stereocenters. The van der Waals surface area contributed by atoms with Crippen molar-refractivity contribution in [3.63, 3.8) is 0 Å². The van der Waals surface area contributed by atoms with Gasteiger partial charge in [0.1, 0.15) is 17.6 Å². The summed E-state index contributed by atoms with van der Waals surface area (Å²) in [5.41, 5.74) is -0.525. The number of aromatic nitrogens is 1. The topological polar surface area (TPSA) is 96.6 Å². The summed E-state index contributed by atoms with van der Waals surface area (Å²) < 4.78 is 0. The van der Waals surface area contributed by atoms with Crippen LogP contribution in [0.5, 0.6) is 0 Å². The van der Waals surface area contributed by atoms with Gasteiger partial charge in [-0.1, -0.05) is 6.07 Å². The second kappa shape index (κ2) is 5.88. The minimum Gasteiger partial charge on any atom is -0.478 e. The molecule has 0 aliphatic heterocycles. The lowest BCUT2D eigenvalue weighted by Crippen LogP contribution is -2.24. The predicted molar refractivity (Wildman–Crippen MR) is 79.0 cm³/mol. The van der Waals surface area contributed by atoms with Crippen molar-refractivity contribution in [1.82, 2.24) is 4.98 Å². The fourth-order valence-electron chi connectivity index (χ4n) is 1.89. The standard InChI is InChI=1S/C13H13N3O4S/c1-8(11-4-3-5-21-11)15(2)12-10(13(17)18)6-9(7-14-12)16(19)20/h3-8H,1-2H3,(H,17,18). The number of thiophene rings is 1. The third-order valence-electron chi connectivity index (χ3n) is 3.16. The van der Waals surface area contributed by atoms with E-state index in [1.54, 1.807) is 23.3 Å². The summed E-state index contributed by atoms with van der Waals surface area (Å²) in [4.78, 5) is 28.1. The van der Waals surface area contributed by atoms with Crippen molar-refractivity contribution in [1.29, 1.82) is 0 Å². The van der Waals surface area contributed by atoms with Gasteiger partial charge >= 0.3 is 5.97 Å². The number of carbonyl (C=O) groups is 1. The van der Waals surface area contributed by atoms with E-state index in [0.29, 0.717) is 0 Å². The van der Waals surface area contributed by atoms with E-state index in [1.165, 1.54) is 0 Å². The number of nitrogens with zero attached hydrogens (tertiary/aromatic N) is 3. The van der Waals surface area contributed by atoms with Crippen LogP contribution in [0.4, 0.5) is 11.5 Å². The number of pyridine rings is 1. The number of hydrogen-bond acceptors (Lipinski definition) is 6. The molecule has 0 spiro atoms. The predicted octanol–water partition coefficient (Wildman–Crippen LogP) is 2.95. The maximum absolute atomic E-state index is 11.3. The molecule has 2 aromatic rings. The first-order chi connectivity index (χ1) is 9.91. The summed E-state index contributed by atoms with van der Waals surface area (Å²) >= 11 is 1.55. The van der Waals surface area contributed by atoms with E-state index < -0.39 is 10.9 Å². The smallest absolute Gasteiger partial charge is 0.339 e. The number of nitro groups is 1. The molecule has 0 fully saturated rings. The number of rotatable bonds is 5. The van der Waals surface area contributed by atoms with Gasteiger partial charge in [-0.2, -0.15) is 0 Å². The molecule has 1 atom stereocenters. The molecule has 0 saturated heterocycles. The lowest BCUT2D eigenvalue weighted by atomic mass is 10.2. The van der Waals surface area contributed by atoms with Crippen molar-refractivity contribution in [2.75, 3.05) is 11.9 Å². The fourth-order valence-corrected chi connectivity index (χ4v) is 2.71. The lowest BCUT2D eigenvalue weighted by Gasteiger charge is -2.26. The minimum atomic E-state index is -1.24. The summed E-state index contributed by atoms with van der Waals surface area (Å²) in [5.74, 6) is -1.04. The summed E-state index contributed by atoms with van der Waals surface area (Å²) in [6.45, 7) is 1.92. The van der Waals surface area contributed by atoms with Gasteiger partial charge in [0.2, 0.25) is 0 Å². The summed E-state index contributed by atoms with van der Waals surface area (Å²) in [6.07, 6.45) is 1.07. The monoisotopic (exact) mass is 307 g/mol. The zero-order valence-electron chi connectivity index (χ0n) is 11.4. The zero-order chi connectivity index (χ0) is 15.6. The molecule has 0 saturated carbocycles. The molecular formula is C13H13N3O4S. The average molecular weight is 307 g/mol. The van der Waals surface area contributed by atoms with Crippen LogP contribution >= 0.6 is 11.3 Å². The highest BCUT2D eigenvalue weighted by atomic mass is 32.1. The van der Waals surface area contributed by atoms with Crippen molar-refractivity contribution in [3.8, 4) is 0 Å². The van der Waals surface area contributed by atoms with Gasteiger partial charge in [0.25, 0.3) is 5.69 Å². The Morgan fingerprint density at radius 1 is 1.57 bits per heavy atom. The van der Waals surface area contributed by atoms with E-state index in [1.807, 2.05) is 24.4 Å². The second-order valence-electron chi connectivity index (χ2n) is 4.43. The Balaban J connectivity index is 2.43. The number of carboxylic acids is 1. The van der Waals surface area contributed by atoms with Crippen molar-refractivity contribution >= 4 is 28.8 Å². The van der Waals surface area contributed by atoms with E-state index in [2.05, 4.69) is 4.98 Å². The lowest BCUT2D eigenvalue weighted by molar-refractivity contribution is -0.385. The second-order valence-corrected chi connectivity index (χ2v) is 5.41. The van der Waals surface area contributed by atoms with Crippen molar-refractivity contribution < 1.29 is 14.8 Å². The summed E-state index contributed by atoms with van der Waals surface area (Å²) in [7, 11) is 1.71. The molecular weight excluding hydrogens is 294 g/mol. The van der Waals surface area contributed by atoms with Crippen molar-refractivity contribution in [3.05, 3.63) is 50.3 Å².